The highest BCUT2D eigenvalue weighted by Gasteiger charge is 2.22. The Morgan fingerprint density at radius 1 is 1.44 bits per heavy atom. The molecule has 0 saturated heterocycles. The van der Waals surface area contributed by atoms with Crippen molar-refractivity contribution in [2.45, 2.75) is 39.3 Å². The van der Waals surface area contributed by atoms with Crippen LogP contribution in [-0.2, 0) is 4.74 Å². The fraction of sp³-hybridized carbons (Fsp3) is 0.750. The molecule has 1 aliphatic rings. The predicted molar refractivity (Wildman–Crippen MR) is 64.4 cm³/mol. The minimum absolute atomic E-state index is 0.243. The molecule has 4 nitrogen and oxygen atoms in total. The first-order valence-electron chi connectivity index (χ1n) is 5.75. The highest BCUT2D eigenvalue weighted by atomic mass is 16.6. The van der Waals surface area contributed by atoms with Gasteiger partial charge in [0.15, 0.2) is 0 Å². The number of hydrogen-bond acceptors (Lipinski definition) is 3. The summed E-state index contributed by atoms with van der Waals surface area (Å²) in [6.07, 6.45) is 3.78. The number of carbonyl (C=O) groups excluding carboxylic acids is 1. The molecule has 1 heterocycles. The summed E-state index contributed by atoms with van der Waals surface area (Å²) in [6, 6.07) is 0.289. The Labute approximate surface area is 97.6 Å². The average molecular weight is 226 g/mol. The second-order valence-corrected chi connectivity index (χ2v) is 5.17. The summed E-state index contributed by atoms with van der Waals surface area (Å²) in [7, 11) is 0. The van der Waals surface area contributed by atoms with E-state index in [0.717, 1.165) is 6.54 Å². The third-order valence-electron chi connectivity index (χ3n) is 2.22. The first-order valence-corrected chi connectivity index (χ1v) is 5.75. The van der Waals surface area contributed by atoms with Gasteiger partial charge < -0.3 is 15.0 Å². The zero-order valence-electron chi connectivity index (χ0n) is 10.6. The Kier molecular flexibility index (Phi) is 4.35. The summed E-state index contributed by atoms with van der Waals surface area (Å²) >= 11 is 0. The maximum atomic E-state index is 11.9. The van der Waals surface area contributed by atoms with Crippen LogP contribution in [0.15, 0.2) is 12.2 Å². The maximum absolute atomic E-state index is 11.9. The van der Waals surface area contributed by atoms with Crippen molar-refractivity contribution in [1.82, 2.24) is 10.2 Å². The molecular weight excluding hydrogens is 204 g/mol. The summed E-state index contributed by atoms with van der Waals surface area (Å²) in [4.78, 5) is 13.6. The third-order valence-corrected chi connectivity index (χ3v) is 2.22. The topological polar surface area (TPSA) is 41.6 Å². The van der Waals surface area contributed by atoms with Gasteiger partial charge in [0.2, 0.25) is 0 Å². The van der Waals surface area contributed by atoms with Gasteiger partial charge in [0.1, 0.15) is 5.60 Å². The average Bonchev–Trinajstić information content (AvgIpc) is 2.07. The standard InChI is InChI=1S/C12H22N2O2/c1-10-9-14(8-6-5-7-13-10)11(15)16-12(2,3)4/h5-6,10,13H,7-9H2,1-4H3/b6-5-/t10-/m1/s1. The Bertz CT molecular complexity index is 269. The molecule has 0 bridgehead atoms. The van der Waals surface area contributed by atoms with Gasteiger partial charge in [0, 0.05) is 25.7 Å². The lowest BCUT2D eigenvalue weighted by Gasteiger charge is -2.29. The van der Waals surface area contributed by atoms with Gasteiger partial charge in [0.25, 0.3) is 0 Å². The zero-order chi connectivity index (χ0) is 12.2. The molecule has 0 radical (unpaired) electrons. The number of carbonyl (C=O) groups is 1. The first-order chi connectivity index (χ1) is 7.38. The van der Waals surface area contributed by atoms with Crippen molar-refractivity contribution in [2.24, 2.45) is 0 Å². The molecule has 0 fully saturated rings. The third kappa shape index (κ3) is 4.66. The van der Waals surface area contributed by atoms with Crippen molar-refractivity contribution in [3.05, 3.63) is 12.2 Å². The van der Waals surface area contributed by atoms with Crippen molar-refractivity contribution in [1.29, 1.82) is 0 Å². The lowest BCUT2D eigenvalue weighted by molar-refractivity contribution is 0.0256. The van der Waals surface area contributed by atoms with E-state index in [0.29, 0.717) is 13.1 Å². The van der Waals surface area contributed by atoms with Crippen LogP contribution in [0.25, 0.3) is 0 Å². The summed E-state index contributed by atoms with van der Waals surface area (Å²) < 4.78 is 5.35. The first kappa shape index (κ1) is 13.0. The van der Waals surface area contributed by atoms with Crippen LogP contribution in [0.2, 0.25) is 0 Å². The highest BCUT2D eigenvalue weighted by molar-refractivity contribution is 5.68. The monoisotopic (exact) mass is 226 g/mol. The van der Waals surface area contributed by atoms with Crippen molar-refractivity contribution in [3.63, 3.8) is 0 Å². The molecule has 92 valence electrons. The molecule has 1 atom stereocenters. The highest BCUT2D eigenvalue weighted by Crippen LogP contribution is 2.10. The molecule has 0 aromatic carbocycles. The van der Waals surface area contributed by atoms with E-state index >= 15 is 0 Å². The van der Waals surface area contributed by atoms with Gasteiger partial charge in [0.05, 0.1) is 0 Å². The van der Waals surface area contributed by atoms with Crippen LogP contribution in [0.5, 0.6) is 0 Å². The minimum atomic E-state index is -0.431. The van der Waals surface area contributed by atoms with E-state index in [1.165, 1.54) is 0 Å². The molecule has 0 unspecified atom stereocenters. The molecule has 1 amide bonds. The van der Waals surface area contributed by atoms with Crippen molar-refractivity contribution in [2.75, 3.05) is 19.6 Å². The predicted octanol–water partition coefficient (Wildman–Crippen LogP) is 1.77. The second kappa shape index (κ2) is 5.34. The number of rotatable bonds is 0. The zero-order valence-corrected chi connectivity index (χ0v) is 10.6. The van der Waals surface area contributed by atoms with E-state index in [1.807, 2.05) is 32.9 Å². The van der Waals surface area contributed by atoms with Gasteiger partial charge in [-0.25, -0.2) is 4.79 Å². The molecule has 0 saturated carbocycles. The van der Waals surface area contributed by atoms with Crippen LogP contribution in [-0.4, -0.2) is 42.3 Å². The molecule has 0 aromatic rings. The van der Waals surface area contributed by atoms with Crippen molar-refractivity contribution in [3.8, 4) is 0 Å². The fourth-order valence-electron chi connectivity index (χ4n) is 1.50. The molecule has 16 heavy (non-hydrogen) atoms. The van der Waals surface area contributed by atoms with Gasteiger partial charge in [-0.15, -0.1) is 0 Å². The Balaban J connectivity index is 2.58. The minimum Gasteiger partial charge on any atom is -0.444 e. The molecule has 0 aliphatic carbocycles. The lowest BCUT2D eigenvalue weighted by Crippen LogP contribution is -2.45. The van der Waals surface area contributed by atoms with Crippen LogP contribution in [0.4, 0.5) is 4.79 Å². The van der Waals surface area contributed by atoms with Crippen LogP contribution < -0.4 is 5.32 Å². The summed E-state index contributed by atoms with van der Waals surface area (Å²) in [5.41, 5.74) is -0.431. The van der Waals surface area contributed by atoms with Crippen molar-refractivity contribution >= 4 is 6.09 Å². The SMILES string of the molecule is C[C@@H]1CN(C(=O)OC(C)(C)C)C/C=C\CN1. The molecule has 0 spiro atoms. The molecular formula is C12H22N2O2. The lowest BCUT2D eigenvalue weighted by atomic mass is 10.2. The number of hydrogen-bond donors (Lipinski definition) is 1. The van der Waals surface area contributed by atoms with Crippen LogP contribution in [0.1, 0.15) is 27.7 Å². The van der Waals surface area contributed by atoms with E-state index < -0.39 is 5.60 Å². The van der Waals surface area contributed by atoms with Gasteiger partial charge in [-0.3, -0.25) is 0 Å². The Morgan fingerprint density at radius 2 is 2.12 bits per heavy atom. The molecule has 1 aliphatic heterocycles. The summed E-state index contributed by atoms with van der Waals surface area (Å²) in [6.45, 7) is 9.88. The van der Waals surface area contributed by atoms with E-state index in [-0.39, 0.29) is 12.1 Å². The van der Waals surface area contributed by atoms with E-state index in [2.05, 4.69) is 12.2 Å². The Morgan fingerprint density at radius 3 is 2.75 bits per heavy atom. The van der Waals surface area contributed by atoms with E-state index in [9.17, 15) is 4.79 Å². The molecule has 1 rings (SSSR count). The molecule has 1 N–H and O–H groups in total. The summed E-state index contributed by atoms with van der Waals surface area (Å²) in [5.74, 6) is 0. The van der Waals surface area contributed by atoms with Gasteiger partial charge in [-0.2, -0.15) is 0 Å². The van der Waals surface area contributed by atoms with Crippen LogP contribution >= 0.6 is 0 Å². The maximum Gasteiger partial charge on any atom is 0.410 e. The number of amides is 1. The smallest absolute Gasteiger partial charge is 0.410 e. The fourth-order valence-corrected chi connectivity index (χ4v) is 1.50. The number of ether oxygens (including phenoxy) is 1. The van der Waals surface area contributed by atoms with Gasteiger partial charge in [-0.1, -0.05) is 12.2 Å². The largest absolute Gasteiger partial charge is 0.444 e. The number of nitrogens with one attached hydrogen (secondary N) is 1. The van der Waals surface area contributed by atoms with Gasteiger partial charge in [-0.05, 0) is 27.7 Å². The Hall–Kier alpha value is -1.03. The van der Waals surface area contributed by atoms with Gasteiger partial charge >= 0.3 is 6.09 Å². The number of nitrogens with zero attached hydrogens (tertiary/aromatic N) is 1. The van der Waals surface area contributed by atoms with E-state index in [1.54, 1.807) is 4.90 Å². The normalized spacial score (nSPS) is 24.5. The van der Waals surface area contributed by atoms with Crippen molar-refractivity contribution < 1.29 is 9.53 Å². The molecule has 4 heteroatoms. The molecule has 0 aromatic heterocycles. The quantitative estimate of drug-likeness (QED) is 0.640. The van der Waals surface area contributed by atoms with Crippen LogP contribution in [0, 0.1) is 0 Å². The summed E-state index contributed by atoms with van der Waals surface area (Å²) in [5, 5.41) is 3.30. The van der Waals surface area contributed by atoms with E-state index in [4.69, 9.17) is 4.74 Å². The second-order valence-electron chi connectivity index (χ2n) is 5.17. The van der Waals surface area contributed by atoms with Crippen LogP contribution in [0.3, 0.4) is 0 Å².